The summed E-state index contributed by atoms with van der Waals surface area (Å²) in [6.45, 7) is -0.342. The molecule has 35 heavy (non-hydrogen) atoms. The highest BCUT2D eigenvalue weighted by molar-refractivity contribution is 6.35. The largest absolute Gasteiger partial charge is 0.486 e. The molecule has 4 atom stereocenters. The van der Waals surface area contributed by atoms with Gasteiger partial charge in [-0.3, -0.25) is 9.59 Å². The van der Waals surface area contributed by atoms with Crippen LogP contribution in [-0.4, -0.2) is 72.0 Å². The summed E-state index contributed by atoms with van der Waals surface area (Å²) >= 11 is 12.4. The molecule has 8 nitrogen and oxygen atoms in total. The summed E-state index contributed by atoms with van der Waals surface area (Å²) in [5, 5.41) is 24.1. The third-order valence-electron chi connectivity index (χ3n) is 6.18. The van der Waals surface area contributed by atoms with Crippen molar-refractivity contribution in [2.45, 2.75) is 30.7 Å². The first kappa shape index (κ1) is 25.5. The number of amides is 2. The smallest absolute Gasteiger partial charge is 0.249 e. The van der Waals surface area contributed by atoms with E-state index in [-0.39, 0.29) is 26.3 Å². The van der Waals surface area contributed by atoms with Gasteiger partial charge in [-0.05, 0) is 29.8 Å². The lowest BCUT2D eigenvalue weighted by atomic mass is 9.77. The Balaban J connectivity index is 1.76. The normalized spacial score (nSPS) is 22.5. The van der Waals surface area contributed by atoms with Crippen LogP contribution in [0.15, 0.2) is 54.1 Å². The van der Waals surface area contributed by atoms with Crippen LogP contribution in [0.25, 0.3) is 0 Å². The zero-order valence-corrected chi connectivity index (χ0v) is 20.5. The van der Waals surface area contributed by atoms with Crippen LogP contribution in [0.2, 0.25) is 10.0 Å². The van der Waals surface area contributed by atoms with Crippen LogP contribution in [0.4, 0.5) is 0 Å². The molecule has 186 valence electrons. The molecule has 2 aliphatic rings. The summed E-state index contributed by atoms with van der Waals surface area (Å²) in [6, 6.07) is 11.3. The topological polar surface area (TPSA) is 108 Å². The van der Waals surface area contributed by atoms with Crippen molar-refractivity contribution in [3.05, 3.63) is 75.3 Å². The van der Waals surface area contributed by atoms with Crippen molar-refractivity contribution >= 4 is 35.0 Å². The van der Waals surface area contributed by atoms with E-state index in [1.165, 1.54) is 12.0 Å². The number of ether oxygens (including phenoxy) is 2. The molecule has 10 heteroatoms. The van der Waals surface area contributed by atoms with Gasteiger partial charge in [0, 0.05) is 41.4 Å². The van der Waals surface area contributed by atoms with Gasteiger partial charge in [-0.15, -0.1) is 0 Å². The molecule has 0 aromatic heterocycles. The maximum atomic E-state index is 13.1. The first-order chi connectivity index (χ1) is 16.8. The number of hydrogen-bond donors (Lipinski definition) is 3. The third-order valence-corrected chi connectivity index (χ3v) is 6.77. The fraction of sp³-hybridized carbons (Fsp3) is 0.360. The number of fused-ring (bicyclic) bond motifs is 3. The molecule has 0 saturated carbocycles. The zero-order valence-electron chi connectivity index (χ0n) is 19.0. The third kappa shape index (κ3) is 5.17. The van der Waals surface area contributed by atoms with Crippen LogP contribution in [0, 0.1) is 0 Å². The van der Waals surface area contributed by atoms with Gasteiger partial charge in [-0.25, -0.2) is 0 Å². The molecule has 1 aliphatic heterocycles. The molecule has 2 aromatic carbocycles. The van der Waals surface area contributed by atoms with Crippen molar-refractivity contribution in [2.75, 3.05) is 26.9 Å². The molecular formula is C25H26Cl2N2O6. The number of methoxy groups -OCH3 is 1. The molecule has 3 N–H and O–H groups in total. The minimum Gasteiger partial charge on any atom is -0.486 e. The quantitative estimate of drug-likeness (QED) is 0.492. The molecule has 0 fully saturated rings. The molecule has 1 heterocycles. The number of benzene rings is 2. The van der Waals surface area contributed by atoms with Gasteiger partial charge in [0.15, 0.2) is 0 Å². The Morgan fingerprint density at radius 2 is 1.97 bits per heavy atom. The molecule has 0 saturated heterocycles. The van der Waals surface area contributed by atoms with E-state index in [4.69, 9.17) is 32.7 Å². The number of aliphatic hydroxyl groups is 2. The summed E-state index contributed by atoms with van der Waals surface area (Å²) in [6.07, 6.45) is -0.342. The number of para-hydroxylation sites is 1. The molecule has 0 bridgehead atoms. The average molecular weight is 521 g/mol. The average Bonchev–Trinajstić information content (AvgIpc) is 3.23. The Labute approximate surface area is 213 Å². The minimum absolute atomic E-state index is 0.0479. The number of nitrogens with zero attached hydrogens (tertiary/aromatic N) is 1. The van der Waals surface area contributed by atoms with Crippen molar-refractivity contribution in [1.82, 2.24) is 10.2 Å². The minimum atomic E-state index is -1.14. The summed E-state index contributed by atoms with van der Waals surface area (Å²) < 4.78 is 11.2. The van der Waals surface area contributed by atoms with E-state index in [0.29, 0.717) is 26.9 Å². The first-order valence-corrected chi connectivity index (χ1v) is 11.9. The Morgan fingerprint density at radius 1 is 1.20 bits per heavy atom. The second kappa shape index (κ2) is 11.0. The van der Waals surface area contributed by atoms with E-state index in [1.807, 2.05) is 18.2 Å². The highest BCUT2D eigenvalue weighted by atomic mass is 35.5. The van der Waals surface area contributed by atoms with E-state index in [0.717, 1.165) is 5.56 Å². The highest BCUT2D eigenvalue weighted by Crippen LogP contribution is 2.47. The standard InChI is InChI=1S/C25H26Cl2N2O6/c1-34-13-21(31)29(12-14-6-7-15(26)10-18(14)27)19-11-17(25(33)28-8-9-30)22-16-4-2-3-5-20(16)35-24(22)23(19)32/h2-7,10-11,19,22-24,30,32H,8-9,12-13H2,1H3,(H,28,33). The van der Waals surface area contributed by atoms with Crippen molar-refractivity contribution < 1.29 is 29.3 Å². The van der Waals surface area contributed by atoms with Crippen LogP contribution in [0.5, 0.6) is 5.75 Å². The number of hydrogen-bond acceptors (Lipinski definition) is 6. The predicted octanol–water partition coefficient (Wildman–Crippen LogP) is 2.29. The van der Waals surface area contributed by atoms with E-state index >= 15 is 0 Å². The summed E-state index contributed by atoms with van der Waals surface area (Å²) in [5.74, 6) is -0.772. The fourth-order valence-electron chi connectivity index (χ4n) is 4.59. The van der Waals surface area contributed by atoms with Crippen LogP contribution in [0.1, 0.15) is 17.0 Å². The lowest BCUT2D eigenvalue weighted by Crippen LogP contribution is -2.56. The van der Waals surface area contributed by atoms with Crippen molar-refractivity contribution in [2.24, 2.45) is 0 Å². The lowest BCUT2D eigenvalue weighted by molar-refractivity contribution is -0.141. The number of rotatable bonds is 8. The van der Waals surface area contributed by atoms with Crippen molar-refractivity contribution in [1.29, 1.82) is 0 Å². The number of carbonyl (C=O) groups excluding carboxylic acids is 2. The SMILES string of the molecule is COCC(=O)N(Cc1ccc(Cl)cc1Cl)C1C=C(C(=O)NCCO)C2c3ccccc3OC2C1O. The Bertz CT molecular complexity index is 1140. The van der Waals surface area contributed by atoms with Crippen molar-refractivity contribution in [3.8, 4) is 5.75 Å². The Morgan fingerprint density at radius 3 is 2.69 bits per heavy atom. The van der Waals surface area contributed by atoms with Gasteiger partial charge < -0.3 is 29.9 Å². The second-order valence-corrected chi connectivity index (χ2v) is 9.21. The predicted molar refractivity (Wildman–Crippen MR) is 130 cm³/mol. The van der Waals surface area contributed by atoms with Gasteiger partial charge in [0.1, 0.15) is 24.6 Å². The molecule has 4 rings (SSSR count). The molecule has 0 radical (unpaired) electrons. The number of aliphatic hydroxyl groups excluding tert-OH is 2. The number of halogens is 2. The summed E-state index contributed by atoms with van der Waals surface area (Å²) in [4.78, 5) is 27.7. The molecule has 1 aliphatic carbocycles. The van der Waals surface area contributed by atoms with Gasteiger partial charge in [-0.1, -0.05) is 47.5 Å². The van der Waals surface area contributed by atoms with E-state index in [9.17, 15) is 19.8 Å². The van der Waals surface area contributed by atoms with Gasteiger partial charge in [0.25, 0.3) is 0 Å². The number of nitrogens with one attached hydrogen (secondary N) is 1. The van der Waals surface area contributed by atoms with Gasteiger partial charge in [0.05, 0.1) is 18.6 Å². The molecule has 0 spiro atoms. The fourth-order valence-corrected chi connectivity index (χ4v) is 5.06. The first-order valence-electron chi connectivity index (χ1n) is 11.1. The molecule has 2 amide bonds. The second-order valence-electron chi connectivity index (χ2n) is 8.37. The molecule has 4 unspecified atom stereocenters. The molecular weight excluding hydrogens is 495 g/mol. The van der Waals surface area contributed by atoms with E-state index in [2.05, 4.69) is 5.32 Å². The number of carbonyl (C=O) groups is 2. The van der Waals surface area contributed by atoms with Gasteiger partial charge in [0.2, 0.25) is 11.8 Å². The maximum Gasteiger partial charge on any atom is 0.249 e. The van der Waals surface area contributed by atoms with Crippen LogP contribution >= 0.6 is 23.2 Å². The van der Waals surface area contributed by atoms with Gasteiger partial charge >= 0.3 is 0 Å². The van der Waals surface area contributed by atoms with E-state index in [1.54, 1.807) is 30.3 Å². The van der Waals surface area contributed by atoms with Crippen molar-refractivity contribution in [3.63, 3.8) is 0 Å². The van der Waals surface area contributed by atoms with Crippen LogP contribution in [0.3, 0.4) is 0 Å². The Kier molecular flexibility index (Phi) is 7.98. The Hall–Kier alpha value is -2.62. The van der Waals surface area contributed by atoms with Crippen LogP contribution in [-0.2, 0) is 20.9 Å². The van der Waals surface area contributed by atoms with Crippen LogP contribution < -0.4 is 10.1 Å². The zero-order chi connectivity index (χ0) is 25.1. The summed E-state index contributed by atoms with van der Waals surface area (Å²) in [7, 11) is 1.40. The van der Waals surface area contributed by atoms with Gasteiger partial charge in [-0.2, -0.15) is 0 Å². The monoisotopic (exact) mass is 520 g/mol. The molecule has 2 aromatic rings. The summed E-state index contributed by atoms with van der Waals surface area (Å²) in [5.41, 5.74) is 1.74. The maximum absolute atomic E-state index is 13.1. The van der Waals surface area contributed by atoms with E-state index < -0.39 is 36.0 Å². The lowest BCUT2D eigenvalue weighted by Gasteiger charge is -2.40. The highest BCUT2D eigenvalue weighted by Gasteiger charge is 2.50.